The molecule has 0 bridgehead atoms. The van der Waals surface area contributed by atoms with Crippen molar-refractivity contribution in [2.24, 2.45) is 24.6 Å². The smallest absolute Gasteiger partial charge is 0.249 e. The summed E-state index contributed by atoms with van der Waals surface area (Å²) >= 11 is 0. The van der Waals surface area contributed by atoms with Crippen LogP contribution in [0.5, 0.6) is 5.75 Å². The summed E-state index contributed by atoms with van der Waals surface area (Å²) < 4.78 is 8.47. The van der Waals surface area contributed by atoms with Gasteiger partial charge < -0.3 is 26.0 Å². The first-order valence-electron chi connectivity index (χ1n) is 23.0. The number of nitrogen functional groups attached to an aromatic ring is 1. The summed E-state index contributed by atoms with van der Waals surface area (Å²) in [5.41, 5.74) is 21.0. The van der Waals surface area contributed by atoms with Crippen molar-refractivity contribution >= 4 is 45.9 Å². The number of nitrogens with one attached hydrogen (secondary N) is 1. The first-order valence-corrected chi connectivity index (χ1v) is 23.0. The third-order valence-corrected chi connectivity index (χ3v) is 14.1. The number of aryl methyl sites for hydroxylation is 2. The minimum absolute atomic E-state index is 0.205. The maximum absolute atomic E-state index is 12.7. The number of pyridine rings is 1. The fraction of sp³-hybridized carbons (Fsp3) is 0.460. The Hall–Kier alpha value is -5.95. The molecule has 9 rings (SSSR count). The maximum atomic E-state index is 12.7. The lowest BCUT2D eigenvalue weighted by atomic mass is 9.83. The molecule has 0 spiro atoms. The number of anilines is 3. The van der Waals surface area contributed by atoms with Gasteiger partial charge in [0.15, 0.2) is 0 Å². The molecule has 2 unspecified atom stereocenters. The first kappa shape index (κ1) is 42.4. The van der Waals surface area contributed by atoms with Crippen LogP contribution in [0.25, 0.3) is 22.0 Å². The van der Waals surface area contributed by atoms with Crippen LogP contribution in [0.15, 0.2) is 66.7 Å². The van der Waals surface area contributed by atoms with Gasteiger partial charge in [0.25, 0.3) is 0 Å². The topological polar surface area (TPSA) is 165 Å². The predicted octanol–water partition coefficient (Wildman–Crippen LogP) is 6.88. The summed E-state index contributed by atoms with van der Waals surface area (Å²) in [7, 11) is 1.95. The molecule has 330 valence electrons. The first-order chi connectivity index (χ1) is 30.5. The molecule has 13 nitrogen and oxygen atoms in total. The maximum Gasteiger partial charge on any atom is 0.249 e. The second-order valence-electron chi connectivity index (χ2n) is 18.5. The zero-order valence-corrected chi connectivity index (χ0v) is 36.9. The van der Waals surface area contributed by atoms with Crippen LogP contribution >= 0.6 is 0 Å². The van der Waals surface area contributed by atoms with Gasteiger partial charge in [0.05, 0.1) is 28.9 Å². The third kappa shape index (κ3) is 8.98. The van der Waals surface area contributed by atoms with Gasteiger partial charge in [-0.1, -0.05) is 43.7 Å². The highest BCUT2D eigenvalue weighted by atomic mass is 16.5. The molecule has 3 fully saturated rings. The molecule has 2 atom stereocenters. The Balaban J connectivity index is 0.718. The van der Waals surface area contributed by atoms with E-state index >= 15 is 0 Å². The minimum atomic E-state index is -0.406. The van der Waals surface area contributed by atoms with Crippen LogP contribution in [0.4, 0.5) is 17.3 Å². The number of piperazine rings is 1. The number of hydrogen-bond donors (Lipinski definition) is 3. The number of imide groups is 1. The van der Waals surface area contributed by atoms with Crippen molar-refractivity contribution in [3.05, 3.63) is 94.7 Å². The number of aromatic nitrogens is 3. The zero-order valence-electron chi connectivity index (χ0n) is 36.9. The number of nitrogens with zero attached hydrogens (tertiary/aromatic N) is 6. The average Bonchev–Trinajstić information content (AvgIpc) is 3.62. The lowest BCUT2D eigenvalue weighted by Gasteiger charge is -2.37. The fourth-order valence-corrected chi connectivity index (χ4v) is 10.7. The number of hydrogen-bond acceptors (Lipinski definition) is 10. The van der Waals surface area contributed by atoms with E-state index in [1.807, 2.05) is 29.9 Å². The summed E-state index contributed by atoms with van der Waals surface area (Å²) in [5.74, 6) is 2.31. The van der Waals surface area contributed by atoms with Crippen molar-refractivity contribution < 1.29 is 19.1 Å². The number of piperidine rings is 1. The number of primary amides is 1. The van der Waals surface area contributed by atoms with Gasteiger partial charge in [0, 0.05) is 75.8 Å². The number of carbonyl (C=O) groups excluding carboxylic acids is 3. The summed E-state index contributed by atoms with van der Waals surface area (Å²) in [4.78, 5) is 48.6. The molecule has 0 radical (unpaired) electrons. The van der Waals surface area contributed by atoms with E-state index in [2.05, 4.69) is 76.3 Å². The largest absolute Gasteiger partial charge is 0.490 e. The number of carbonyl (C=O) groups is 3. The molecule has 3 aromatic carbocycles. The van der Waals surface area contributed by atoms with Crippen molar-refractivity contribution in [1.82, 2.24) is 25.0 Å². The molecule has 5 N–H and O–H groups in total. The Labute approximate surface area is 370 Å². The number of rotatable bonds is 12. The molecule has 3 aliphatic heterocycles. The summed E-state index contributed by atoms with van der Waals surface area (Å²) in [6.07, 6.45) is 8.99. The van der Waals surface area contributed by atoms with Gasteiger partial charge in [-0.25, -0.2) is 4.98 Å². The highest BCUT2D eigenvalue weighted by molar-refractivity contribution is 6.03. The van der Waals surface area contributed by atoms with Crippen molar-refractivity contribution in [2.75, 3.05) is 54.8 Å². The molecule has 3 amide bonds. The molecule has 5 heterocycles. The second kappa shape index (κ2) is 18.0. The van der Waals surface area contributed by atoms with Gasteiger partial charge in [0.2, 0.25) is 17.7 Å². The van der Waals surface area contributed by atoms with Crippen molar-refractivity contribution in [1.29, 1.82) is 0 Å². The van der Waals surface area contributed by atoms with Crippen LogP contribution in [-0.2, 0) is 29.6 Å². The second-order valence-corrected chi connectivity index (χ2v) is 18.5. The van der Waals surface area contributed by atoms with Gasteiger partial charge >= 0.3 is 0 Å². The number of benzene rings is 3. The highest BCUT2D eigenvalue weighted by Crippen LogP contribution is 2.38. The van der Waals surface area contributed by atoms with Crippen LogP contribution in [-0.4, -0.2) is 82.8 Å². The Morgan fingerprint density at radius 3 is 2.43 bits per heavy atom. The molecular formula is C50H61N9O4. The normalized spacial score (nSPS) is 21.3. The molecule has 5 aromatic rings. The van der Waals surface area contributed by atoms with Gasteiger partial charge in [-0.05, 0) is 122 Å². The summed E-state index contributed by atoms with van der Waals surface area (Å²) in [5, 5.41) is 8.30. The third-order valence-electron chi connectivity index (χ3n) is 14.1. The Morgan fingerprint density at radius 2 is 1.68 bits per heavy atom. The Morgan fingerprint density at radius 1 is 0.905 bits per heavy atom. The van der Waals surface area contributed by atoms with Gasteiger partial charge in [-0.15, -0.1) is 0 Å². The van der Waals surface area contributed by atoms with Crippen LogP contribution in [0, 0.1) is 18.8 Å². The Bertz CT molecular complexity index is 2520. The quantitative estimate of drug-likeness (QED) is 0.113. The van der Waals surface area contributed by atoms with E-state index in [1.54, 1.807) is 6.07 Å². The standard InChI is InChI=1S/C50H61N9O4/c1-31(29-57-24-26-58(27-25-57)43-9-5-8-40-46(55-56(3)47(40)43)41-19-21-45(60)54-50(41)62)10-11-33-12-14-35(15-13-33)63-36-16-17-37(32(2)28-36)38-18-20-44(53-48(38)51)59-23-22-34-6-4-7-39(49(52)61)42(34)30-59/h4-9,16-18,20,28,31,33,35,41H,10-15,19,21-27,29-30H2,1-3H3,(H2,51,53)(H2,52,61)(H,54,60,62). The molecule has 2 aromatic heterocycles. The molecule has 1 aliphatic carbocycles. The average molecular weight is 852 g/mol. The van der Waals surface area contributed by atoms with E-state index < -0.39 is 11.8 Å². The van der Waals surface area contributed by atoms with E-state index in [-0.39, 0.29) is 17.9 Å². The number of amides is 3. The number of fused-ring (bicyclic) bond motifs is 2. The molecule has 1 saturated carbocycles. The molecule has 63 heavy (non-hydrogen) atoms. The van der Waals surface area contributed by atoms with Crippen LogP contribution in [0.3, 0.4) is 0 Å². The monoisotopic (exact) mass is 851 g/mol. The SMILES string of the molecule is Cc1cc(OC2CCC(CCC(C)CN3CCN(c4cccc5c(C6CCC(=O)NC6=O)nn(C)c45)CC3)CC2)ccc1-c1ccc(N2CCc3cccc(C(N)=O)c3C2)nc1N. The Kier molecular flexibility index (Phi) is 12.1. The van der Waals surface area contributed by atoms with E-state index in [4.69, 9.17) is 26.3 Å². The summed E-state index contributed by atoms with van der Waals surface area (Å²) in [6, 6.07) is 22.4. The van der Waals surface area contributed by atoms with Crippen LogP contribution in [0.2, 0.25) is 0 Å². The zero-order chi connectivity index (χ0) is 43.8. The minimum Gasteiger partial charge on any atom is -0.490 e. The predicted molar refractivity (Wildman–Crippen MR) is 248 cm³/mol. The van der Waals surface area contributed by atoms with Crippen LogP contribution in [0.1, 0.15) is 97.0 Å². The number of para-hydroxylation sites is 1. The molecule has 2 saturated heterocycles. The van der Waals surface area contributed by atoms with Crippen LogP contribution < -0.4 is 31.3 Å². The van der Waals surface area contributed by atoms with E-state index in [1.165, 1.54) is 25.7 Å². The van der Waals surface area contributed by atoms with Gasteiger partial charge in [0.1, 0.15) is 17.4 Å². The van der Waals surface area contributed by atoms with Crippen molar-refractivity contribution in [2.45, 2.75) is 90.2 Å². The van der Waals surface area contributed by atoms with Crippen molar-refractivity contribution in [3.63, 3.8) is 0 Å². The van der Waals surface area contributed by atoms with E-state index in [9.17, 15) is 14.4 Å². The van der Waals surface area contributed by atoms with E-state index in [0.29, 0.717) is 36.7 Å². The summed E-state index contributed by atoms with van der Waals surface area (Å²) in [6.45, 7) is 10.9. The van der Waals surface area contributed by atoms with Gasteiger partial charge in [-0.3, -0.25) is 29.3 Å². The molecular weight excluding hydrogens is 791 g/mol. The molecule has 13 heteroatoms. The van der Waals surface area contributed by atoms with Gasteiger partial charge in [-0.2, -0.15) is 5.10 Å². The fourth-order valence-electron chi connectivity index (χ4n) is 10.7. The van der Waals surface area contributed by atoms with E-state index in [0.717, 1.165) is 126 Å². The highest BCUT2D eigenvalue weighted by Gasteiger charge is 2.33. The molecule has 4 aliphatic rings. The lowest BCUT2D eigenvalue weighted by Crippen LogP contribution is -2.47. The lowest BCUT2D eigenvalue weighted by molar-refractivity contribution is -0.134. The van der Waals surface area contributed by atoms with Crippen molar-refractivity contribution in [3.8, 4) is 16.9 Å². The number of ether oxygens (including phenoxy) is 1. The number of nitrogens with two attached hydrogens (primary N) is 2.